The summed E-state index contributed by atoms with van der Waals surface area (Å²) in [5, 5.41) is 3.77. The zero-order valence-corrected chi connectivity index (χ0v) is 13.2. The summed E-state index contributed by atoms with van der Waals surface area (Å²) in [6.45, 7) is 4.35. The van der Waals surface area contributed by atoms with Gasteiger partial charge in [-0.3, -0.25) is 4.79 Å². The summed E-state index contributed by atoms with van der Waals surface area (Å²) in [4.78, 5) is 12.1. The lowest BCUT2D eigenvalue weighted by molar-refractivity contribution is -0.120. The second kappa shape index (κ2) is 6.24. The highest BCUT2D eigenvalue weighted by Crippen LogP contribution is 2.26. The lowest BCUT2D eigenvalue weighted by Gasteiger charge is -2.05. The summed E-state index contributed by atoms with van der Waals surface area (Å²) in [5.41, 5.74) is 4.68. The molecule has 0 saturated carbocycles. The second-order valence-electron chi connectivity index (χ2n) is 5.73. The number of furan rings is 1. The first-order valence-corrected chi connectivity index (χ1v) is 7.52. The Labute approximate surface area is 134 Å². The van der Waals surface area contributed by atoms with Gasteiger partial charge >= 0.3 is 0 Å². The summed E-state index contributed by atoms with van der Waals surface area (Å²) >= 11 is 0. The largest absolute Gasteiger partial charge is 0.464 e. The van der Waals surface area contributed by atoms with E-state index in [4.69, 9.17) is 4.42 Å². The fourth-order valence-corrected chi connectivity index (χ4v) is 2.61. The Morgan fingerprint density at radius 2 is 2.04 bits per heavy atom. The molecule has 0 aliphatic rings. The molecular formula is C19H18FNO2. The zero-order valence-electron chi connectivity index (χ0n) is 13.2. The predicted molar refractivity (Wildman–Crippen MR) is 87.6 cm³/mol. The molecular weight excluding hydrogens is 293 g/mol. The lowest BCUT2D eigenvalue weighted by atomic mass is 10.0. The molecule has 1 aromatic heterocycles. The summed E-state index contributed by atoms with van der Waals surface area (Å²) in [6.07, 6.45) is 1.88. The van der Waals surface area contributed by atoms with Crippen LogP contribution < -0.4 is 5.32 Å². The minimum absolute atomic E-state index is 0.116. The van der Waals surface area contributed by atoms with Crippen LogP contribution in [0.15, 0.2) is 47.1 Å². The van der Waals surface area contributed by atoms with Crippen LogP contribution >= 0.6 is 0 Å². The minimum Gasteiger partial charge on any atom is -0.464 e. The Hall–Kier alpha value is -2.62. The summed E-state index contributed by atoms with van der Waals surface area (Å²) in [5.74, 6) is -0.418. The van der Waals surface area contributed by atoms with Crippen LogP contribution in [0.25, 0.3) is 11.0 Å². The first kappa shape index (κ1) is 15.3. The number of carbonyl (C=O) groups is 1. The highest BCUT2D eigenvalue weighted by molar-refractivity contribution is 5.89. The van der Waals surface area contributed by atoms with Crippen molar-refractivity contribution in [2.24, 2.45) is 0 Å². The number of halogens is 1. The van der Waals surface area contributed by atoms with Crippen molar-refractivity contribution in [1.82, 2.24) is 5.32 Å². The first-order valence-electron chi connectivity index (χ1n) is 7.52. The van der Waals surface area contributed by atoms with Gasteiger partial charge in [-0.2, -0.15) is 0 Å². The van der Waals surface area contributed by atoms with Gasteiger partial charge in [-0.1, -0.05) is 24.3 Å². The third-order valence-corrected chi connectivity index (χ3v) is 4.07. The summed E-state index contributed by atoms with van der Waals surface area (Å²) in [6, 6.07) is 10.2. The van der Waals surface area contributed by atoms with Gasteiger partial charge in [0.1, 0.15) is 11.4 Å². The Morgan fingerprint density at radius 3 is 2.83 bits per heavy atom. The van der Waals surface area contributed by atoms with E-state index < -0.39 is 0 Å². The predicted octanol–water partition coefficient (Wildman–Crippen LogP) is 4.05. The van der Waals surface area contributed by atoms with Crippen LogP contribution in [0, 0.1) is 19.7 Å². The molecule has 0 aliphatic carbocycles. The Kier molecular flexibility index (Phi) is 4.15. The van der Waals surface area contributed by atoms with E-state index in [1.807, 2.05) is 26.0 Å². The molecule has 0 atom stereocenters. The maximum atomic E-state index is 13.1. The average Bonchev–Trinajstić information content (AvgIpc) is 2.93. The van der Waals surface area contributed by atoms with Gasteiger partial charge in [-0.25, -0.2) is 4.39 Å². The third-order valence-electron chi connectivity index (χ3n) is 4.07. The molecule has 1 heterocycles. The number of amides is 1. The van der Waals surface area contributed by atoms with Crippen LogP contribution in [0.1, 0.15) is 22.3 Å². The number of aryl methyl sites for hydroxylation is 2. The molecule has 3 rings (SSSR count). The highest BCUT2D eigenvalue weighted by atomic mass is 19.1. The van der Waals surface area contributed by atoms with Gasteiger partial charge in [0.15, 0.2) is 0 Å². The zero-order chi connectivity index (χ0) is 16.4. The van der Waals surface area contributed by atoms with E-state index in [9.17, 15) is 9.18 Å². The fourth-order valence-electron chi connectivity index (χ4n) is 2.61. The van der Waals surface area contributed by atoms with Crippen LogP contribution in [-0.2, 0) is 17.8 Å². The van der Waals surface area contributed by atoms with Crippen molar-refractivity contribution in [3.05, 3.63) is 70.7 Å². The van der Waals surface area contributed by atoms with Gasteiger partial charge in [0, 0.05) is 17.5 Å². The molecule has 4 heteroatoms. The fraction of sp³-hybridized carbons (Fsp3) is 0.211. The molecule has 23 heavy (non-hydrogen) atoms. The van der Waals surface area contributed by atoms with E-state index in [0.29, 0.717) is 6.54 Å². The Balaban J connectivity index is 1.70. The van der Waals surface area contributed by atoms with Crippen LogP contribution in [0.3, 0.4) is 0 Å². The van der Waals surface area contributed by atoms with Crippen LogP contribution in [0.5, 0.6) is 0 Å². The maximum absolute atomic E-state index is 13.1. The van der Waals surface area contributed by atoms with Crippen LogP contribution in [0.4, 0.5) is 4.39 Å². The van der Waals surface area contributed by atoms with Crippen molar-refractivity contribution in [3.63, 3.8) is 0 Å². The van der Waals surface area contributed by atoms with Crippen molar-refractivity contribution in [2.45, 2.75) is 26.8 Å². The number of carbonyl (C=O) groups excluding carboxylic acids is 1. The number of nitrogens with one attached hydrogen (secondary N) is 1. The van der Waals surface area contributed by atoms with E-state index in [0.717, 1.165) is 33.2 Å². The lowest BCUT2D eigenvalue weighted by Crippen LogP contribution is -2.24. The molecule has 2 aromatic carbocycles. The molecule has 0 aliphatic heterocycles. The normalized spacial score (nSPS) is 10.9. The number of rotatable bonds is 4. The summed E-state index contributed by atoms with van der Waals surface area (Å²) < 4.78 is 18.7. The van der Waals surface area contributed by atoms with E-state index >= 15 is 0 Å². The van der Waals surface area contributed by atoms with Gasteiger partial charge in [0.25, 0.3) is 0 Å². The van der Waals surface area contributed by atoms with Gasteiger partial charge in [0.05, 0.1) is 12.7 Å². The van der Waals surface area contributed by atoms with E-state index in [2.05, 4.69) is 5.32 Å². The van der Waals surface area contributed by atoms with Gasteiger partial charge in [0.2, 0.25) is 5.91 Å². The van der Waals surface area contributed by atoms with Crippen molar-refractivity contribution >= 4 is 16.9 Å². The molecule has 3 aromatic rings. The third kappa shape index (κ3) is 3.26. The van der Waals surface area contributed by atoms with Crippen LogP contribution in [0.2, 0.25) is 0 Å². The van der Waals surface area contributed by atoms with E-state index in [-0.39, 0.29) is 18.1 Å². The van der Waals surface area contributed by atoms with Crippen molar-refractivity contribution in [1.29, 1.82) is 0 Å². The SMILES string of the molecule is Cc1ccc2c(CC(=O)NCc3cccc(F)c3)coc2c1C. The molecule has 0 fully saturated rings. The molecule has 0 radical (unpaired) electrons. The topological polar surface area (TPSA) is 42.2 Å². The number of hydrogen-bond donors (Lipinski definition) is 1. The molecule has 0 spiro atoms. The second-order valence-corrected chi connectivity index (χ2v) is 5.73. The quantitative estimate of drug-likeness (QED) is 0.790. The van der Waals surface area contributed by atoms with Crippen molar-refractivity contribution in [3.8, 4) is 0 Å². The van der Waals surface area contributed by atoms with Gasteiger partial charge in [-0.15, -0.1) is 0 Å². The van der Waals surface area contributed by atoms with E-state index in [1.54, 1.807) is 18.4 Å². The first-order chi connectivity index (χ1) is 11.0. The molecule has 1 amide bonds. The monoisotopic (exact) mass is 311 g/mol. The Morgan fingerprint density at radius 1 is 1.22 bits per heavy atom. The van der Waals surface area contributed by atoms with E-state index in [1.165, 1.54) is 12.1 Å². The molecule has 1 N–H and O–H groups in total. The standard InChI is InChI=1S/C19H18FNO2/c1-12-6-7-17-15(11-23-19(17)13(12)2)9-18(22)21-10-14-4-3-5-16(20)8-14/h3-8,11H,9-10H2,1-2H3,(H,21,22). The molecule has 0 saturated heterocycles. The number of hydrogen-bond acceptors (Lipinski definition) is 2. The highest BCUT2D eigenvalue weighted by Gasteiger charge is 2.12. The molecule has 0 bridgehead atoms. The molecule has 0 unspecified atom stereocenters. The van der Waals surface area contributed by atoms with Crippen molar-refractivity contribution in [2.75, 3.05) is 0 Å². The minimum atomic E-state index is -0.302. The maximum Gasteiger partial charge on any atom is 0.224 e. The van der Waals surface area contributed by atoms with Gasteiger partial charge < -0.3 is 9.73 Å². The number of fused-ring (bicyclic) bond motifs is 1. The summed E-state index contributed by atoms with van der Waals surface area (Å²) in [7, 11) is 0. The average molecular weight is 311 g/mol. The van der Waals surface area contributed by atoms with Crippen molar-refractivity contribution < 1.29 is 13.6 Å². The number of benzene rings is 2. The smallest absolute Gasteiger partial charge is 0.224 e. The molecule has 3 nitrogen and oxygen atoms in total. The van der Waals surface area contributed by atoms with Crippen LogP contribution in [-0.4, -0.2) is 5.91 Å². The Bertz CT molecular complexity index is 867. The molecule has 118 valence electrons. The van der Waals surface area contributed by atoms with Gasteiger partial charge in [-0.05, 0) is 42.7 Å².